The molecular weight excluding hydrogens is 409 g/mol. The molecule has 2 aromatic carbocycles. The molecule has 0 bridgehead atoms. The minimum Gasteiger partial charge on any atom is -0.449 e. The van der Waals surface area contributed by atoms with Crippen LogP contribution in [0.3, 0.4) is 0 Å². The first-order valence-corrected chi connectivity index (χ1v) is 10.7. The lowest BCUT2D eigenvalue weighted by molar-refractivity contribution is 0.197. The molecule has 1 heterocycles. The van der Waals surface area contributed by atoms with Crippen molar-refractivity contribution in [1.82, 2.24) is 4.98 Å². The highest BCUT2D eigenvalue weighted by atomic mass is 35.5. The normalized spacial score (nSPS) is 12.3. The van der Waals surface area contributed by atoms with Gasteiger partial charge in [-0.3, -0.25) is 0 Å². The number of hydrogen-bond acceptors (Lipinski definition) is 4. The number of aromatic nitrogens is 1. The zero-order valence-electron chi connectivity index (χ0n) is 16.7. The third-order valence-electron chi connectivity index (χ3n) is 5.11. The monoisotopic (exact) mass is 433 g/mol. The maximum Gasteiger partial charge on any atom is 0.397 e. The summed E-state index contributed by atoms with van der Waals surface area (Å²) >= 11 is 12.3. The van der Waals surface area contributed by atoms with E-state index in [2.05, 4.69) is 24.0 Å². The van der Waals surface area contributed by atoms with Crippen LogP contribution in [0.1, 0.15) is 56.1 Å². The number of benzene rings is 2. The van der Waals surface area contributed by atoms with Gasteiger partial charge in [0.05, 0.1) is 27.6 Å². The third kappa shape index (κ3) is 5.31. The van der Waals surface area contributed by atoms with E-state index in [1.54, 1.807) is 13.0 Å². The van der Waals surface area contributed by atoms with E-state index >= 15 is 0 Å². The molecule has 0 aliphatic rings. The van der Waals surface area contributed by atoms with E-state index in [1.807, 2.05) is 18.2 Å². The second-order valence-corrected chi connectivity index (χ2v) is 8.01. The van der Waals surface area contributed by atoms with Crippen LogP contribution in [0.4, 0.5) is 0 Å². The van der Waals surface area contributed by atoms with Crippen molar-refractivity contribution in [2.45, 2.75) is 51.9 Å². The number of aryl methyl sites for hydroxylation is 1. The summed E-state index contributed by atoms with van der Waals surface area (Å²) in [6.07, 6.45) is 5.70. The molecule has 0 spiro atoms. The quantitative estimate of drug-likeness (QED) is 0.343. The first kappa shape index (κ1) is 21.7. The molecule has 0 radical (unpaired) electrons. The van der Waals surface area contributed by atoms with Gasteiger partial charge in [-0.2, -0.15) is 4.98 Å². The summed E-state index contributed by atoms with van der Waals surface area (Å²) in [5.74, 6) is 0.200. The molecule has 1 unspecified atom stereocenters. The van der Waals surface area contributed by atoms with Crippen molar-refractivity contribution < 1.29 is 9.15 Å². The molecule has 4 nitrogen and oxygen atoms in total. The van der Waals surface area contributed by atoms with Crippen LogP contribution in [-0.4, -0.2) is 11.6 Å². The maximum absolute atomic E-state index is 12.5. The largest absolute Gasteiger partial charge is 0.449 e. The molecule has 0 fully saturated rings. The van der Waals surface area contributed by atoms with Crippen molar-refractivity contribution in [3.63, 3.8) is 0 Å². The van der Waals surface area contributed by atoms with E-state index in [0.717, 1.165) is 12.8 Å². The highest BCUT2D eigenvalue weighted by Crippen LogP contribution is 2.31. The average Bonchev–Trinajstić information content (AvgIpc) is 2.72. The summed E-state index contributed by atoms with van der Waals surface area (Å²) in [6, 6.07) is 11.8. The summed E-state index contributed by atoms with van der Waals surface area (Å²) in [5.41, 5.74) is 1.65. The lowest BCUT2D eigenvalue weighted by Crippen LogP contribution is -2.13. The van der Waals surface area contributed by atoms with Crippen LogP contribution in [0.15, 0.2) is 45.6 Å². The molecule has 3 rings (SSSR count). The summed E-state index contributed by atoms with van der Waals surface area (Å²) in [7, 11) is 0. The fourth-order valence-corrected chi connectivity index (χ4v) is 3.85. The zero-order valence-corrected chi connectivity index (χ0v) is 18.2. The lowest BCUT2D eigenvalue weighted by Gasteiger charge is -2.17. The molecule has 0 aliphatic carbocycles. The fraction of sp³-hybridized carbons (Fsp3) is 0.391. The van der Waals surface area contributed by atoms with E-state index in [0.29, 0.717) is 33.1 Å². The van der Waals surface area contributed by atoms with Crippen LogP contribution in [0.2, 0.25) is 10.0 Å². The van der Waals surface area contributed by atoms with E-state index in [1.165, 1.54) is 24.8 Å². The van der Waals surface area contributed by atoms with E-state index in [9.17, 15) is 4.79 Å². The summed E-state index contributed by atoms with van der Waals surface area (Å²) in [6.45, 7) is 4.31. The second kappa shape index (κ2) is 10.1. The van der Waals surface area contributed by atoms with Gasteiger partial charge in [-0.1, -0.05) is 86.1 Å². The van der Waals surface area contributed by atoms with Crippen molar-refractivity contribution in [1.29, 1.82) is 0 Å². The maximum atomic E-state index is 12.5. The second-order valence-electron chi connectivity index (χ2n) is 7.23. The molecule has 6 heteroatoms. The third-order valence-corrected chi connectivity index (χ3v) is 6.00. The van der Waals surface area contributed by atoms with Crippen molar-refractivity contribution in [3.8, 4) is 6.08 Å². The standard InChI is InChI=1S/C23H25Cl2NO3/c1-3-4-5-7-12-17(16-10-8-6-9-11-16)14-28-23-26-19-13-18(24)21(25)15(2)20(19)22(27)29-23/h6,8-11,13,17H,3-5,7,12,14H2,1-2H3. The number of nitrogens with zero attached hydrogens (tertiary/aromatic N) is 1. The Morgan fingerprint density at radius 3 is 2.62 bits per heavy atom. The van der Waals surface area contributed by atoms with Crippen molar-refractivity contribution in [2.75, 3.05) is 6.61 Å². The topological polar surface area (TPSA) is 52.3 Å². The summed E-state index contributed by atoms with van der Waals surface area (Å²) in [4.78, 5) is 16.8. The number of halogens is 2. The minimum absolute atomic E-state index is 0.0465. The Labute approximate surface area is 180 Å². The predicted octanol–water partition coefficient (Wildman–Crippen LogP) is 6.94. The molecular formula is C23H25Cl2NO3. The number of rotatable bonds is 9. The van der Waals surface area contributed by atoms with Gasteiger partial charge in [0.15, 0.2) is 0 Å². The van der Waals surface area contributed by atoms with Crippen LogP contribution in [0, 0.1) is 6.92 Å². The molecule has 0 aliphatic heterocycles. The van der Waals surface area contributed by atoms with Crippen molar-refractivity contribution >= 4 is 34.1 Å². The van der Waals surface area contributed by atoms with Crippen molar-refractivity contribution in [2.24, 2.45) is 0 Å². The van der Waals surface area contributed by atoms with Crippen LogP contribution >= 0.6 is 23.2 Å². The molecule has 154 valence electrons. The molecule has 29 heavy (non-hydrogen) atoms. The number of unbranched alkanes of at least 4 members (excludes halogenated alkanes) is 3. The Hall–Kier alpha value is -2.04. The fourth-order valence-electron chi connectivity index (χ4n) is 3.46. The molecule has 0 amide bonds. The number of fused-ring (bicyclic) bond motifs is 1. The van der Waals surface area contributed by atoms with Gasteiger partial charge >= 0.3 is 11.7 Å². The van der Waals surface area contributed by atoms with Gasteiger partial charge in [0.1, 0.15) is 0 Å². The minimum atomic E-state index is -0.528. The Balaban J connectivity index is 1.80. The lowest BCUT2D eigenvalue weighted by atomic mass is 9.94. The average molecular weight is 434 g/mol. The molecule has 1 atom stereocenters. The summed E-state index contributed by atoms with van der Waals surface area (Å²) in [5, 5.41) is 1.00. The van der Waals surface area contributed by atoms with Crippen molar-refractivity contribution in [3.05, 3.63) is 68.0 Å². The van der Waals surface area contributed by atoms with E-state index in [4.69, 9.17) is 32.4 Å². The predicted molar refractivity (Wildman–Crippen MR) is 118 cm³/mol. The SMILES string of the molecule is CCCCCCC(COc1nc2cc(Cl)c(Cl)c(C)c2c(=O)o1)c1ccccc1. The summed E-state index contributed by atoms with van der Waals surface area (Å²) < 4.78 is 11.1. The number of ether oxygens (including phenoxy) is 1. The van der Waals surface area contributed by atoms with Crippen LogP contribution in [0.5, 0.6) is 6.08 Å². The molecule has 1 aromatic heterocycles. The van der Waals surface area contributed by atoms with Crippen LogP contribution in [-0.2, 0) is 0 Å². The Morgan fingerprint density at radius 2 is 1.90 bits per heavy atom. The Bertz CT molecular complexity index is 1020. The van der Waals surface area contributed by atoms with Gasteiger partial charge in [0, 0.05) is 5.92 Å². The first-order chi connectivity index (χ1) is 14.0. The Morgan fingerprint density at radius 1 is 1.14 bits per heavy atom. The van der Waals surface area contributed by atoms with Crippen LogP contribution < -0.4 is 10.4 Å². The Kier molecular flexibility index (Phi) is 7.57. The van der Waals surface area contributed by atoms with Gasteiger partial charge in [-0.05, 0) is 30.5 Å². The van der Waals surface area contributed by atoms with Gasteiger partial charge in [0.2, 0.25) is 0 Å². The van der Waals surface area contributed by atoms with Gasteiger partial charge in [-0.15, -0.1) is 0 Å². The highest BCUT2D eigenvalue weighted by Gasteiger charge is 2.17. The van der Waals surface area contributed by atoms with E-state index in [-0.39, 0.29) is 12.0 Å². The molecule has 0 N–H and O–H groups in total. The molecule has 0 saturated carbocycles. The van der Waals surface area contributed by atoms with Gasteiger partial charge < -0.3 is 9.15 Å². The zero-order chi connectivity index (χ0) is 20.8. The molecule has 3 aromatic rings. The number of hydrogen-bond donors (Lipinski definition) is 0. The molecule has 0 saturated heterocycles. The van der Waals surface area contributed by atoms with E-state index < -0.39 is 5.63 Å². The van der Waals surface area contributed by atoms with Gasteiger partial charge in [-0.25, -0.2) is 4.79 Å². The van der Waals surface area contributed by atoms with Gasteiger partial charge in [0.25, 0.3) is 0 Å². The smallest absolute Gasteiger partial charge is 0.397 e. The highest BCUT2D eigenvalue weighted by molar-refractivity contribution is 6.43. The van der Waals surface area contributed by atoms with Crippen LogP contribution in [0.25, 0.3) is 10.9 Å². The first-order valence-electron chi connectivity index (χ1n) is 9.98.